The standard InChI is InChI=1S/C13H14ClN3O/c1-2-18-10-5-9(6-17-7-10)13(15)11-3-4-16-8-12(11)14/h3-8,13H,2,15H2,1H3. The van der Waals surface area contributed by atoms with Crippen LogP contribution < -0.4 is 10.5 Å². The molecule has 0 aromatic carbocycles. The van der Waals surface area contributed by atoms with E-state index in [1.165, 1.54) is 0 Å². The number of nitrogens with zero attached hydrogens (tertiary/aromatic N) is 2. The third-order valence-electron chi connectivity index (χ3n) is 2.54. The number of nitrogens with two attached hydrogens (primary N) is 1. The van der Waals surface area contributed by atoms with Crippen LogP contribution >= 0.6 is 11.6 Å². The second-order valence-electron chi connectivity index (χ2n) is 3.76. The first-order chi connectivity index (χ1) is 8.72. The summed E-state index contributed by atoms with van der Waals surface area (Å²) in [5, 5.41) is 0.548. The summed E-state index contributed by atoms with van der Waals surface area (Å²) < 4.78 is 5.40. The van der Waals surface area contributed by atoms with Crippen LogP contribution in [0.1, 0.15) is 24.1 Å². The molecule has 18 heavy (non-hydrogen) atoms. The molecule has 1 atom stereocenters. The largest absolute Gasteiger partial charge is 0.492 e. The first kappa shape index (κ1) is 12.8. The number of hydrogen-bond donors (Lipinski definition) is 1. The molecule has 0 spiro atoms. The average Bonchev–Trinajstić information content (AvgIpc) is 2.39. The Balaban J connectivity index is 2.31. The Morgan fingerprint density at radius 3 is 2.89 bits per heavy atom. The summed E-state index contributed by atoms with van der Waals surface area (Å²) in [6, 6.07) is 3.34. The number of ether oxygens (including phenoxy) is 1. The van der Waals surface area contributed by atoms with E-state index >= 15 is 0 Å². The zero-order chi connectivity index (χ0) is 13.0. The third-order valence-corrected chi connectivity index (χ3v) is 2.86. The zero-order valence-electron chi connectivity index (χ0n) is 10.0. The van der Waals surface area contributed by atoms with Gasteiger partial charge in [0.2, 0.25) is 0 Å². The summed E-state index contributed by atoms with van der Waals surface area (Å²) in [7, 11) is 0. The molecule has 5 heteroatoms. The lowest BCUT2D eigenvalue weighted by molar-refractivity contribution is 0.338. The molecule has 0 fully saturated rings. The van der Waals surface area contributed by atoms with Gasteiger partial charge >= 0.3 is 0 Å². The molecule has 94 valence electrons. The maximum absolute atomic E-state index is 6.17. The molecular formula is C13H14ClN3O. The van der Waals surface area contributed by atoms with Crippen molar-refractivity contribution >= 4 is 11.6 Å². The molecular weight excluding hydrogens is 250 g/mol. The van der Waals surface area contributed by atoms with E-state index in [0.29, 0.717) is 17.4 Å². The maximum Gasteiger partial charge on any atom is 0.137 e. The number of rotatable bonds is 4. The summed E-state index contributed by atoms with van der Waals surface area (Å²) in [5.41, 5.74) is 7.85. The number of hydrogen-bond acceptors (Lipinski definition) is 4. The molecule has 0 aliphatic heterocycles. The average molecular weight is 264 g/mol. The van der Waals surface area contributed by atoms with Gasteiger partial charge in [-0.25, -0.2) is 0 Å². The lowest BCUT2D eigenvalue weighted by Crippen LogP contribution is -2.13. The fraction of sp³-hybridized carbons (Fsp3) is 0.231. The van der Waals surface area contributed by atoms with Gasteiger partial charge < -0.3 is 10.5 Å². The molecule has 4 nitrogen and oxygen atoms in total. The van der Waals surface area contributed by atoms with Gasteiger partial charge in [0.25, 0.3) is 0 Å². The molecule has 0 aliphatic rings. The van der Waals surface area contributed by atoms with Gasteiger partial charge in [-0.2, -0.15) is 0 Å². The Bertz CT molecular complexity index is 533. The molecule has 0 saturated carbocycles. The van der Waals surface area contributed by atoms with Crippen LogP contribution in [0.3, 0.4) is 0 Å². The van der Waals surface area contributed by atoms with E-state index in [1.54, 1.807) is 30.9 Å². The van der Waals surface area contributed by atoms with Crippen molar-refractivity contribution in [2.45, 2.75) is 13.0 Å². The van der Waals surface area contributed by atoms with Crippen molar-refractivity contribution in [1.29, 1.82) is 0 Å². The second-order valence-corrected chi connectivity index (χ2v) is 4.17. The quantitative estimate of drug-likeness (QED) is 0.921. The molecule has 2 heterocycles. The molecule has 2 aromatic heterocycles. The Morgan fingerprint density at radius 2 is 2.17 bits per heavy atom. The van der Waals surface area contributed by atoms with Crippen molar-refractivity contribution in [2.24, 2.45) is 5.73 Å². The van der Waals surface area contributed by atoms with E-state index in [1.807, 2.05) is 13.0 Å². The van der Waals surface area contributed by atoms with Gasteiger partial charge in [0, 0.05) is 18.6 Å². The molecule has 2 N–H and O–H groups in total. The van der Waals surface area contributed by atoms with Gasteiger partial charge in [-0.3, -0.25) is 9.97 Å². The van der Waals surface area contributed by atoms with E-state index in [-0.39, 0.29) is 6.04 Å². The highest BCUT2D eigenvalue weighted by Gasteiger charge is 2.13. The third kappa shape index (κ3) is 2.78. The molecule has 0 bridgehead atoms. The second kappa shape index (κ2) is 5.80. The Labute approximate surface area is 111 Å². The maximum atomic E-state index is 6.17. The molecule has 2 rings (SSSR count). The van der Waals surface area contributed by atoms with Crippen LogP contribution in [0.25, 0.3) is 0 Å². The number of pyridine rings is 2. The normalized spacial score (nSPS) is 12.2. The number of aromatic nitrogens is 2. The van der Waals surface area contributed by atoms with Crippen LogP contribution in [0.4, 0.5) is 0 Å². The van der Waals surface area contributed by atoms with E-state index in [0.717, 1.165) is 11.1 Å². The topological polar surface area (TPSA) is 61.0 Å². The van der Waals surface area contributed by atoms with Crippen LogP contribution in [0, 0.1) is 0 Å². The van der Waals surface area contributed by atoms with Crippen molar-refractivity contribution in [3.05, 3.63) is 53.1 Å². The van der Waals surface area contributed by atoms with Crippen LogP contribution in [-0.2, 0) is 0 Å². The van der Waals surface area contributed by atoms with Crippen LogP contribution in [0.5, 0.6) is 5.75 Å². The predicted molar refractivity (Wildman–Crippen MR) is 70.7 cm³/mol. The highest BCUT2D eigenvalue weighted by Crippen LogP contribution is 2.26. The summed E-state index contributed by atoms with van der Waals surface area (Å²) in [6.45, 7) is 2.52. The zero-order valence-corrected chi connectivity index (χ0v) is 10.8. The van der Waals surface area contributed by atoms with Crippen molar-refractivity contribution < 1.29 is 4.74 Å². The Kier molecular flexibility index (Phi) is 4.12. The molecule has 1 unspecified atom stereocenters. The van der Waals surface area contributed by atoms with E-state index < -0.39 is 0 Å². The van der Waals surface area contributed by atoms with Crippen LogP contribution in [0.2, 0.25) is 5.02 Å². The van der Waals surface area contributed by atoms with E-state index in [2.05, 4.69) is 9.97 Å². The fourth-order valence-corrected chi connectivity index (χ4v) is 1.91. The minimum atomic E-state index is -0.339. The van der Waals surface area contributed by atoms with Crippen LogP contribution in [0.15, 0.2) is 36.9 Å². The minimum Gasteiger partial charge on any atom is -0.492 e. The lowest BCUT2D eigenvalue weighted by atomic mass is 10.0. The SMILES string of the molecule is CCOc1cncc(C(N)c2ccncc2Cl)c1. The molecule has 0 amide bonds. The van der Waals surface area contributed by atoms with Crippen molar-refractivity contribution in [2.75, 3.05) is 6.61 Å². The molecule has 0 radical (unpaired) electrons. The smallest absolute Gasteiger partial charge is 0.137 e. The number of halogens is 1. The first-order valence-corrected chi connectivity index (χ1v) is 6.03. The van der Waals surface area contributed by atoms with Gasteiger partial charge in [0.15, 0.2) is 0 Å². The van der Waals surface area contributed by atoms with Gasteiger partial charge in [0.05, 0.1) is 23.9 Å². The van der Waals surface area contributed by atoms with Crippen molar-refractivity contribution in [3.8, 4) is 5.75 Å². The molecule has 0 aliphatic carbocycles. The summed E-state index contributed by atoms with van der Waals surface area (Å²) in [6.07, 6.45) is 6.62. The van der Waals surface area contributed by atoms with Crippen molar-refractivity contribution in [3.63, 3.8) is 0 Å². The summed E-state index contributed by atoms with van der Waals surface area (Å²) in [4.78, 5) is 8.06. The van der Waals surface area contributed by atoms with E-state index in [4.69, 9.17) is 22.1 Å². The highest BCUT2D eigenvalue weighted by molar-refractivity contribution is 6.31. The van der Waals surface area contributed by atoms with Gasteiger partial charge in [-0.1, -0.05) is 11.6 Å². The van der Waals surface area contributed by atoms with Gasteiger partial charge in [-0.05, 0) is 30.2 Å². The molecule has 2 aromatic rings. The minimum absolute atomic E-state index is 0.339. The van der Waals surface area contributed by atoms with Gasteiger partial charge in [0.1, 0.15) is 5.75 Å². The molecule has 0 saturated heterocycles. The lowest BCUT2D eigenvalue weighted by Gasteiger charge is -2.14. The summed E-state index contributed by atoms with van der Waals surface area (Å²) in [5.74, 6) is 0.704. The fourth-order valence-electron chi connectivity index (χ4n) is 1.67. The van der Waals surface area contributed by atoms with Gasteiger partial charge in [-0.15, -0.1) is 0 Å². The predicted octanol–water partition coefficient (Wildman–Crippen LogP) is 2.58. The Hall–Kier alpha value is -1.65. The highest BCUT2D eigenvalue weighted by atomic mass is 35.5. The monoisotopic (exact) mass is 263 g/mol. The van der Waals surface area contributed by atoms with Crippen molar-refractivity contribution in [1.82, 2.24) is 9.97 Å². The Morgan fingerprint density at radius 1 is 1.33 bits per heavy atom. The van der Waals surface area contributed by atoms with E-state index in [9.17, 15) is 0 Å². The summed E-state index contributed by atoms with van der Waals surface area (Å²) >= 11 is 6.08. The first-order valence-electron chi connectivity index (χ1n) is 5.65. The van der Waals surface area contributed by atoms with Crippen LogP contribution in [-0.4, -0.2) is 16.6 Å².